The van der Waals surface area contributed by atoms with Crippen LogP contribution in [0, 0.1) is 0 Å². The van der Waals surface area contributed by atoms with Gasteiger partial charge in [-0.25, -0.2) is 0 Å². The summed E-state index contributed by atoms with van der Waals surface area (Å²) in [7, 11) is 0. The molecule has 0 aromatic rings. The highest BCUT2D eigenvalue weighted by Crippen LogP contribution is 2.08. The van der Waals surface area contributed by atoms with Crippen LogP contribution in [0.25, 0.3) is 0 Å². The number of hydrogen-bond acceptors (Lipinski definition) is 2. The van der Waals surface area contributed by atoms with Gasteiger partial charge in [-0.2, -0.15) is 0 Å². The van der Waals surface area contributed by atoms with Crippen molar-refractivity contribution in [2.75, 3.05) is 0 Å². The Morgan fingerprint density at radius 2 is 2.55 bits per heavy atom. The zero-order chi connectivity index (χ0) is 8.27. The van der Waals surface area contributed by atoms with Gasteiger partial charge in [-0.15, -0.1) is 0 Å². The molecule has 0 heterocycles. The molecular formula is C9H14N2. The molecule has 0 radical (unpaired) electrons. The molecular weight excluding hydrogens is 136 g/mol. The molecule has 1 aliphatic rings. The minimum absolute atomic E-state index is 0.248. The van der Waals surface area contributed by atoms with Gasteiger partial charge in [0.25, 0.3) is 0 Å². The average Bonchev–Trinajstić information content (AvgIpc) is 1.93. The largest absolute Gasteiger partial charge is 0.400 e. The van der Waals surface area contributed by atoms with Gasteiger partial charge in [-0.3, -0.25) is 0 Å². The Morgan fingerprint density at radius 3 is 3.09 bits per heavy atom. The lowest BCUT2D eigenvalue weighted by molar-refractivity contribution is 0.635. The molecule has 0 aliphatic heterocycles. The lowest BCUT2D eigenvalue weighted by atomic mass is 10.1. The number of nitrogens with one attached hydrogen (secondary N) is 1. The van der Waals surface area contributed by atoms with E-state index in [9.17, 15) is 0 Å². The molecule has 0 saturated heterocycles. The van der Waals surface area contributed by atoms with E-state index in [1.165, 1.54) is 0 Å². The molecule has 1 aliphatic carbocycles. The highest BCUT2D eigenvalue weighted by atomic mass is 14.9. The van der Waals surface area contributed by atoms with Crippen LogP contribution in [0.3, 0.4) is 0 Å². The van der Waals surface area contributed by atoms with Crippen LogP contribution < -0.4 is 11.1 Å². The molecule has 2 heteroatoms. The summed E-state index contributed by atoms with van der Waals surface area (Å²) >= 11 is 0. The molecule has 0 aromatic heterocycles. The normalized spacial score (nSPS) is 22.6. The third kappa shape index (κ3) is 2.15. The van der Waals surface area contributed by atoms with Crippen molar-refractivity contribution in [1.29, 1.82) is 0 Å². The molecule has 1 rings (SSSR count). The van der Waals surface area contributed by atoms with Crippen LogP contribution in [-0.4, -0.2) is 6.04 Å². The first-order chi connectivity index (χ1) is 5.20. The summed E-state index contributed by atoms with van der Waals surface area (Å²) in [6.45, 7) is 5.70. The van der Waals surface area contributed by atoms with Crippen molar-refractivity contribution < 1.29 is 0 Å². The summed E-state index contributed by atoms with van der Waals surface area (Å²) in [6.07, 6.45) is 6.95. The van der Waals surface area contributed by atoms with Crippen LogP contribution in [0.5, 0.6) is 0 Å². The summed E-state index contributed by atoms with van der Waals surface area (Å²) in [5.41, 5.74) is 7.58. The first-order valence-electron chi connectivity index (χ1n) is 3.74. The lowest BCUT2D eigenvalue weighted by Gasteiger charge is -2.20. The maximum Gasteiger partial charge on any atom is 0.0688 e. The molecule has 0 aromatic carbocycles. The van der Waals surface area contributed by atoms with E-state index >= 15 is 0 Å². The molecule has 1 atom stereocenters. The molecule has 11 heavy (non-hydrogen) atoms. The van der Waals surface area contributed by atoms with Crippen molar-refractivity contribution in [3.05, 3.63) is 36.2 Å². The van der Waals surface area contributed by atoms with Crippen LogP contribution in [0.1, 0.15) is 13.3 Å². The fourth-order valence-electron chi connectivity index (χ4n) is 1.09. The van der Waals surface area contributed by atoms with Crippen molar-refractivity contribution in [2.45, 2.75) is 19.4 Å². The quantitative estimate of drug-likeness (QED) is 0.622. The zero-order valence-electron chi connectivity index (χ0n) is 6.80. The smallest absolute Gasteiger partial charge is 0.0688 e. The Balaban J connectivity index is 2.54. The maximum absolute atomic E-state index is 5.73. The summed E-state index contributed by atoms with van der Waals surface area (Å²) in [5, 5.41) is 3.19. The number of rotatable bonds is 2. The molecule has 0 spiro atoms. The van der Waals surface area contributed by atoms with Crippen LogP contribution in [-0.2, 0) is 0 Å². The van der Waals surface area contributed by atoms with Crippen LogP contribution in [0.4, 0.5) is 0 Å². The van der Waals surface area contributed by atoms with Crippen molar-refractivity contribution in [2.24, 2.45) is 5.73 Å². The van der Waals surface area contributed by atoms with Crippen LogP contribution in [0.15, 0.2) is 36.2 Å². The van der Waals surface area contributed by atoms with Crippen LogP contribution in [0.2, 0.25) is 0 Å². The monoisotopic (exact) mass is 150 g/mol. The molecule has 3 N–H and O–H groups in total. The minimum atomic E-state index is 0.248. The number of nitrogens with two attached hydrogens (primary N) is 1. The van der Waals surface area contributed by atoms with E-state index in [0.717, 1.165) is 17.8 Å². The molecule has 0 bridgehead atoms. The fourth-order valence-corrected chi connectivity index (χ4v) is 1.09. The second-order valence-corrected chi connectivity index (χ2v) is 2.81. The topological polar surface area (TPSA) is 38.0 Å². The highest BCUT2D eigenvalue weighted by Gasteiger charge is 2.10. The minimum Gasteiger partial charge on any atom is -0.400 e. The van der Waals surface area contributed by atoms with Gasteiger partial charge in [-0.05, 0) is 19.4 Å². The summed E-state index contributed by atoms with van der Waals surface area (Å²) < 4.78 is 0. The second kappa shape index (κ2) is 3.28. The van der Waals surface area contributed by atoms with Gasteiger partial charge < -0.3 is 11.1 Å². The van der Waals surface area contributed by atoms with Gasteiger partial charge in [-0.1, -0.05) is 18.7 Å². The van der Waals surface area contributed by atoms with Crippen LogP contribution >= 0.6 is 0 Å². The van der Waals surface area contributed by atoms with Gasteiger partial charge in [0.1, 0.15) is 0 Å². The van der Waals surface area contributed by atoms with Gasteiger partial charge >= 0.3 is 0 Å². The number of allylic oxidation sites excluding steroid dienone is 3. The van der Waals surface area contributed by atoms with Crippen molar-refractivity contribution in [3.63, 3.8) is 0 Å². The van der Waals surface area contributed by atoms with E-state index in [-0.39, 0.29) is 6.04 Å². The Kier molecular flexibility index (Phi) is 2.36. The van der Waals surface area contributed by atoms with E-state index in [1.54, 1.807) is 0 Å². The van der Waals surface area contributed by atoms with Gasteiger partial charge in [0, 0.05) is 11.4 Å². The maximum atomic E-state index is 5.73. The van der Waals surface area contributed by atoms with E-state index < -0.39 is 0 Å². The summed E-state index contributed by atoms with van der Waals surface area (Å²) in [6, 6.07) is 0.248. The van der Waals surface area contributed by atoms with Crippen molar-refractivity contribution in [3.8, 4) is 0 Å². The average molecular weight is 150 g/mol. The molecule has 0 amide bonds. The predicted octanol–water partition coefficient (Wildman–Crippen LogP) is 1.28. The van der Waals surface area contributed by atoms with E-state index in [2.05, 4.69) is 18.0 Å². The van der Waals surface area contributed by atoms with Crippen molar-refractivity contribution in [1.82, 2.24) is 5.32 Å². The molecule has 0 fully saturated rings. The first kappa shape index (κ1) is 7.92. The second-order valence-electron chi connectivity index (χ2n) is 2.81. The standard InChI is InChI=1S/C9H14N2/c1-7(2)11-9-6-4-3-5-8(9)10/h3-5,9,11H,1,6,10H2,2H3. The van der Waals surface area contributed by atoms with Gasteiger partial charge in [0.15, 0.2) is 0 Å². The van der Waals surface area contributed by atoms with E-state index in [0.29, 0.717) is 0 Å². The molecule has 60 valence electrons. The first-order valence-corrected chi connectivity index (χ1v) is 3.74. The summed E-state index contributed by atoms with van der Waals surface area (Å²) in [5.74, 6) is 0. The van der Waals surface area contributed by atoms with E-state index in [1.807, 2.05) is 19.1 Å². The van der Waals surface area contributed by atoms with Crippen molar-refractivity contribution >= 4 is 0 Å². The fraction of sp³-hybridized carbons (Fsp3) is 0.333. The molecule has 0 saturated carbocycles. The third-order valence-corrected chi connectivity index (χ3v) is 1.62. The number of hydrogen-bond donors (Lipinski definition) is 2. The molecule has 1 unspecified atom stereocenters. The lowest BCUT2D eigenvalue weighted by Crippen LogP contribution is -2.33. The summed E-state index contributed by atoms with van der Waals surface area (Å²) in [4.78, 5) is 0. The Hall–Kier alpha value is -1.18. The van der Waals surface area contributed by atoms with Gasteiger partial charge in [0.2, 0.25) is 0 Å². The Bertz CT molecular complexity index is 214. The Morgan fingerprint density at radius 1 is 1.82 bits per heavy atom. The zero-order valence-corrected chi connectivity index (χ0v) is 6.80. The highest BCUT2D eigenvalue weighted by molar-refractivity contribution is 5.22. The predicted molar refractivity (Wildman–Crippen MR) is 47.8 cm³/mol. The third-order valence-electron chi connectivity index (χ3n) is 1.62. The van der Waals surface area contributed by atoms with E-state index in [4.69, 9.17) is 5.73 Å². The Labute approximate surface area is 67.5 Å². The van der Waals surface area contributed by atoms with Gasteiger partial charge in [0.05, 0.1) is 6.04 Å². The SMILES string of the molecule is C=C(C)NC1CC=CC=C1N. The molecule has 2 nitrogen and oxygen atoms in total.